The normalized spacial score (nSPS) is 14.1. The lowest BCUT2D eigenvalue weighted by Crippen LogP contribution is -2.31. The van der Waals surface area contributed by atoms with Gasteiger partial charge in [0.1, 0.15) is 0 Å². The number of aliphatic hydroxyl groups is 1. The third kappa shape index (κ3) is 3.17. The largest absolute Gasteiger partial charge is 0.395 e. The SMILES string of the molecule is OCCN(Cc1cccc2c1NCC2)CC(F)F. The lowest BCUT2D eigenvalue weighted by atomic mass is 10.1. The number of rotatable bonds is 6. The predicted molar refractivity (Wildman–Crippen MR) is 67.0 cm³/mol. The van der Waals surface area contributed by atoms with Crippen molar-refractivity contribution >= 4 is 5.69 Å². The zero-order valence-corrected chi connectivity index (χ0v) is 10.2. The van der Waals surface area contributed by atoms with Gasteiger partial charge in [0.15, 0.2) is 0 Å². The highest BCUT2D eigenvalue weighted by atomic mass is 19.3. The van der Waals surface area contributed by atoms with Crippen LogP contribution in [0.3, 0.4) is 0 Å². The highest BCUT2D eigenvalue weighted by Crippen LogP contribution is 2.27. The van der Waals surface area contributed by atoms with Crippen LogP contribution in [0.15, 0.2) is 18.2 Å². The molecule has 2 N–H and O–H groups in total. The average Bonchev–Trinajstić information content (AvgIpc) is 2.77. The molecule has 5 heteroatoms. The number of para-hydroxylation sites is 1. The molecule has 1 heterocycles. The summed E-state index contributed by atoms with van der Waals surface area (Å²) < 4.78 is 24.9. The van der Waals surface area contributed by atoms with E-state index >= 15 is 0 Å². The van der Waals surface area contributed by atoms with Crippen molar-refractivity contribution in [2.45, 2.75) is 19.4 Å². The first-order valence-corrected chi connectivity index (χ1v) is 6.16. The Hall–Kier alpha value is -1.20. The van der Waals surface area contributed by atoms with E-state index in [2.05, 4.69) is 11.4 Å². The number of benzene rings is 1. The summed E-state index contributed by atoms with van der Waals surface area (Å²) in [6.07, 6.45) is -1.39. The van der Waals surface area contributed by atoms with Gasteiger partial charge in [-0.25, -0.2) is 8.78 Å². The number of alkyl halides is 2. The maximum Gasteiger partial charge on any atom is 0.251 e. The molecule has 0 aromatic heterocycles. The molecule has 1 aromatic rings. The summed E-state index contributed by atoms with van der Waals surface area (Å²) >= 11 is 0. The molecule has 0 amide bonds. The van der Waals surface area contributed by atoms with Gasteiger partial charge in [-0.1, -0.05) is 18.2 Å². The Labute approximate surface area is 105 Å². The van der Waals surface area contributed by atoms with Crippen LogP contribution in [-0.2, 0) is 13.0 Å². The highest BCUT2D eigenvalue weighted by molar-refractivity contribution is 5.61. The molecule has 0 saturated heterocycles. The molecule has 0 fully saturated rings. The molecule has 1 aromatic carbocycles. The molecule has 0 unspecified atom stereocenters. The molecule has 0 aliphatic carbocycles. The molecule has 100 valence electrons. The van der Waals surface area contributed by atoms with Crippen molar-refractivity contribution < 1.29 is 13.9 Å². The molecule has 1 aliphatic heterocycles. The second kappa shape index (κ2) is 6.11. The predicted octanol–water partition coefficient (Wildman–Crippen LogP) is 1.71. The van der Waals surface area contributed by atoms with E-state index in [0.717, 1.165) is 24.2 Å². The van der Waals surface area contributed by atoms with Gasteiger partial charge in [-0.2, -0.15) is 0 Å². The molecular formula is C13H18F2N2O. The second-order valence-electron chi connectivity index (χ2n) is 4.48. The van der Waals surface area contributed by atoms with E-state index in [1.807, 2.05) is 12.1 Å². The number of hydrogen-bond donors (Lipinski definition) is 2. The van der Waals surface area contributed by atoms with Crippen LogP contribution in [0.25, 0.3) is 0 Å². The highest BCUT2D eigenvalue weighted by Gasteiger charge is 2.17. The third-order valence-electron chi connectivity index (χ3n) is 3.14. The molecular weight excluding hydrogens is 238 g/mol. The van der Waals surface area contributed by atoms with Gasteiger partial charge in [0.2, 0.25) is 0 Å². The molecule has 0 radical (unpaired) electrons. The van der Waals surface area contributed by atoms with Crippen LogP contribution < -0.4 is 5.32 Å². The first-order valence-electron chi connectivity index (χ1n) is 6.16. The van der Waals surface area contributed by atoms with Gasteiger partial charge < -0.3 is 10.4 Å². The van der Waals surface area contributed by atoms with Crippen LogP contribution in [0, 0.1) is 0 Å². The molecule has 0 bridgehead atoms. The molecule has 2 rings (SSSR count). The Morgan fingerprint density at radius 2 is 2.22 bits per heavy atom. The van der Waals surface area contributed by atoms with Crippen LogP contribution in [0.4, 0.5) is 14.5 Å². The van der Waals surface area contributed by atoms with Crippen molar-refractivity contribution in [2.24, 2.45) is 0 Å². The van der Waals surface area contributed by atoms with E-state index in [9.17, 15) is 8.78 Å². The number of hydrogen-bond acceptors (Lipinski definition) is 3. The summed E-state index contributed by atoms with van der Waals surface area (Å²) in [7, 11) is 0. The standard InChI is InChI=1S/C13H18F2N2O/c14-12(15)9-17(6-7-18)8-11-3-1-2-10-4-5-16-13(10)11/h1-3,12,16,18H,4-9H2. The number of fused-ring (bicyclic) bond motifs is 1. The van der Waals surface area contributed by atoms with E-state index < -0.39 is 6.43 Å². The summed E-state index contributed by atoms with van der Waals surface area (Å²) in [5, 5.41) is 12.2. The van der Waals surface area contributed by atoms with E-state index in [1.165, 1.54) is 5.56 Å². The zero-order chi connectivity index (χ0) is 13.0. The van der Waals surface area contributed by atoms with Crippen molar-refractivity contribution in [1.29, 1.82) is 0 Å². The minimum absolute atomic E-state index is 0.102. The van der Waals surface area contributed by atoms with Gasteiger partial charge in [0.05, 0.1) is 13.2 Å². The van der Waals surface area contributed by atoms with Gasteiger partial charge in [0, 0.05) is 25.3 Å². The van der Waals surface area contributed by atoms with Crippen LogP contribution >= 0.6 is 0 Å². The third-order valence-corrected chi connectivity index (χ3v) is 3.14. The smallest absolute Gasteiger partial charge is 0.251 e. The van der Waals surface area contributed by atoms with Crippen LogP contribution in [0.2, 0.25) is 0 Å². The van der Waals surface area contributed by atoms with Crippen LogP contribution in [-0.4, -0.2) is 42.7 Å². The quantitative estimate of drug-likeness (QED) is 0.813. The van der Waals surface area contributed by atoms with Gasteiger partial charge in [-0.3, -0.25) is 4.90 Å². The first kappa shape index (κ1) is 13.2. The maximum atomic E-state index is 12.4. The van der Waals surface area contributed by atoms with Crippen molar-refractivity contribution in [2.75, 3.05) is 31.6 Å². The number of nitrogens with zero attached hydrogens (tertiary/aromatic N) is 1. The van der Waals surface area contributed by atoms with Gasteiger partial charge in [-0.15, -0.1) is 0 Å². The molecule has 0 atom stereocenters. The van der Waals surface area contributed by atoms with E-state index in [0.29, 0.717) is 6.54 Å². The Balaban J connectivity index is 2.09. The Bertz CT molecular complexity index is 399. The van der Waals surface area contributed by atoms with E-state index in [-0.39, 0.29) is 19.7 Å². The molecule has 3 nitrogen and oxygen atoms in total. The fourth-order valence-electron chi connectivity index (χ4n) is 2.36. The lowest BCUT2D eigenvalue weighted by molar-refractivity contribution is 0.0747. The summed E-state index contributed by atoms with van der Waals surface area (Å²) in [5.74, 6) is 0. The van der Waals surface area contributed by atoms with Crippen molar-refractivity contribution in [3.05, 3.63) is 29.3 Å². The topological polar surface area (TPSA) is 35.5 Å². The number of nitrogens with one attached hydrogen (secondary N) is 1. The fraction of sp³-hybridized carbons (Fsp3) is 0.538. The Morgan fingerprint density at radius 3 is 2.94 bits per heavy atom. The number of aliphatic hydroxyl groups excluding tert-OH is 1. The van der Waals surface area contributed by atoms with Crippen molar-refractivity contribution in [3.63, 3.8) is 0 Å². The Kier molecular flexibility index (Phi) is 4.49. The number of halogens is 2. The minimum Gasteiger partial charge on any atom is -0.395 e. The second-order valence-corrected chi connectivity index (χ2v) is 4.48. The van der Waals surface area contributed by atoms with Crippen molar-refractivity contribution in [3.8, 4) is 0 Å². The summed E-state index contributed by atoms with van der Waals surface area (Å²) in [4.78, 5) is 1.58. The maximum absolute atomic E-state index is 12.4. The minimum atomic E-state index is -2.37. The summed E-state index contributed by atoms with van der Waals surface area (Å²) in [6, 6.07) is 5.97. The zero-order valence-electron chi connectivity index (χ0n) is 10.2. The number of anilines is 1. The van der Waals surface area contributed by atoms with Crippen LogP contribution in [0.5, 0.6) is 0 Å². The molecule has 0 saturated carbocycles. The van der Waals surface area contributed by atoms with Gasteiger partial charge in [-0.05, 0) is 17.5 Å². The van der Waals surface area contributed by atoms with Gasteiger partial charge >= 0.3 is 0 Å². The van der Waals surface area contributed by atoms with E-state index in [4.69, 9.17) is 5.11 Å². The lowest BCUT2D eigenvalue weighted by Gasteiger charge is -2.22. The summed E-state index contributed by atoms with van der Waals surface area (Å²) in [5.41, 5.74) is 3.35. The molecule has 18 heavy (non-hydrogen) atoms. The molecule has 1 aliphatic rings. The average molecular weight is 256 g/mol. The molecule has 0 spiro atoms. The first-order chi connectivity index (χ1) is 8.70. The fourth-order valence-corrected chi connectivity index (χ4v) is 2.36. The van der Waals surface area contributed by atoms with Crippen LogP contribution in [0.1, 0.15) is 11.1 Å². The summed E-state index contributed by atoms with van der Waals surface area (Å²) in [6.45, 7) is 1.22. The van der Waals surface area contributed by atoms with Gasteiger partial charge in [0.25, 0.3) is 6.43 Å². The van der Waals surface area contributed by atoms with Crippen molar-refractivity contribution in [1.82, 2.24) is 4.90 Å². The monoisotopic (exact) mass is 256 g/mol. The van der Waals surface area contributed by atoms with E-state index in [1.54, 1.807) is 4.90 Å². The Morgan fingerprint density at radius 1 is 1.39 bits per heavy atom.